The summed E-state index contributed by atoms with van der Waals surface area (Å²) in [6.45, 7) is 8.74. The van der Waals surface area contributed by atoms with Gasteiger partial charge in [-0.05, 0) is 51.0 Å². The first kappa shape index (κ1) is 17.0. The van der Waals surface area contributed by atoms with Gasteiger partial charge >= 0.3 is 0 Å². The highest BCUT2D eigenvalue weighted by atomic mass is 32.2. The molecule has 1 N–H and O–H groups in total. The predicted molar refractivity (Wildman–Crippen MR) is 111 cm³/mol. The standard InChI is InChI=1S/C22H23N3S/c1-14-9-8-12-20(16(14)3)25-15(2)13-19(17(25)4)22-24-23-21(26-22)18-10-6-5-7-11-18/h5-13,22,24H,1-4H3/t22-/m1/s1. The van der Waals surface area contributed by atoms with Crippen molar-refractivity contribution in [1.82, 2.24) is 9.99 Å². The third-order valence-corrected chi connectivity index (χ3v) is 6.25. The summed E-state index contributed by atoms with van der Waals surface area (Å²) in [6, 6.07) is 19.1. The Morgan fingerprint density at radius 2 is 1.73 bits per heavy atom. The summed E-state index contributed by atoms with van der Waals surface area (Å²) in [7, 11) is 0. The van der Waals surface area contributed by atoms with Crippen LogP contribution in [0.5, 0.6) is 0 Å². The van der Waals surface area contributed by atoms with Crippen LogP contribution in [0.4, 0.5) is 0 Å². The molecule has 1 aliphatic heterocycles. The molecule has 2 heterocycles. The van der Waals surface area contributed by atoms with E-state index in [1.807, 2.05) is 6.07 Å². The number of benzene rings is 2. The Morgan fingerprint density at radius 1 is 0.962 bits per heavy atom. The average Bonchev–Trinajstić information content (AvgIpc) is 3.24. The van der Waals surface area contributed by atoms with Crippen LogP contribution in [0.15, 0.2) is 59.7 Å². The molecule has 4 rings (SSSR count). The molecule has 0 saturated heterocycles. The van der Waals surface area contributed by atoms with Gasteiger partial charge in [0, 0.05) is 28.2 Å². The number of aryl methyl sites for hydroxylation is 2. The molecule has 0 amide bonds. The van der Waals surface area contributed by atoms with Crippen LogP contribution in [0.2, 0.25) is 0 Å². The van der Waals surface area contributed by atoms with Crippen LogP contribution >= 0.6 is 11.8 Å². The Kier molecular flexibility index (Phi) is 4.37. The van der Waals surface area contributed by atoms with Gasteiger partial charge in [0.1, 0.15) is 10.4 Å². The first-order chi connectivity index (χ1) is 12.6. The van der Waals surface area contributed by atoms with E-state index in [0.717, 1.165) is 10.6 Å². The lowest BCUT2D eigenvalue weighted by atomic mass is 10.1. The molecule has 26 heavy (non-hydrogen) atoms. The van der Waals surface area contributed by atoms with E-state index in [1.165, 1.54) is 33.8 Å². The normalized spacial score (nSPS) is 16.5. The number of rotatable bonds is 3. The summed E-state index contributed by atoms with van der Waals surface area (Å²) in [6.07, 6.45) is 0. The summed E-state index contributed by atoms with van der Waals surface area (Å²) in [5.74, 6) is 0. The van der Waals surface area contributed by atoms with Crippen LogP contribution in [0.1, 0.15) is 39.0 Å². The molecule has 0 aliphatic carbocycles. The molecule has 1 atom stereocenters. The molecule has 3 aromatic rings. The molecule has 4 heteroatoms. The predicted octanol–water partition coefficient (Wildman–Crippen LogP) is 5.41. The number of hydrogen-bond donors (Lipinski definition) is 1. The van der Waals surface area contributed by atoms with Crippen LogP contribution in [0, 0.1) is 27.7 Å². The van der Waals surface area contributed by atoms with Crippen LogP contribution in [-0.2, 0) is 0 Å². The zero-order chi connectivity index (χ0) is 18.3. The van der Waals surface area contributed by atoms with Crippen LogP contribution in [0.25, 0.3) is 5.69 Å². The van der Waals surface area contributed by atoms with Gasteiger partial charge in [0.2, 0.25) is 0 Å². The molecule has 0 unspecified atom stereocenters. The monoisotopic (exact) mass is 361 g/mol. The number of aromatic nitrogens is 1. The average molecular weight is 362 g/mol. The second kappa shape index (κ2) is 6.69. The highest BCUT2D eigenvalue weighted by molar-refractivity contribution is 8.14. The molecule has 1 aliphatic rings. The number of hydrogen-bond acceptors (Lipinski definition) is 3. The molecular formula is C22H23N3S. The van der Waals surface area contributed by atoms with E-state index in [-0.39, 0.29) is 5.37 Å². The Labute approximate surface area is 159 Å². The molecule has 3 nitrogen and oxygen atoms in total. The van der Waals surface area contributed by atoms with Crippen molar-refractivity contribution in [1.29, 1.82) is 0 Å². The van der Waals surface area contributed by atoms with E-state index >= 15 is 0 Å². The van der Waals surface area contributed by atoms with Crippen molar-refractivity contribution in [2.45, 2.75) is 33.1 Å². The molecule has 0 radical (unpaired) electrons. The topological polar surface area (TPSA) is 29.3 Å². The number of nitrogens with one attached hydrogen (secondary N) is 1. The van der Waals surface area contributed by atoms with Crippen molar-refractivity contribution in [2.24, 2.45) is 5.10 Å². The fraction of sp³-hybridized carbons (Fsp3) is 0.227. The van der Waals surface area contributed by atoms with Crippen LogP contribution in [0.3, 0.4) is 0 Å². The van der Waals surface area contributed by atoms with Gasteiger partial charge in [-0.3, -0.25) is 5.43 Å². The van der Waals surface area contributed by atoms with Gasteiger partial charge in [0.05, 0.1) is 0 Å². The summed E-state index contributed by atoms with van der Waals surface area (Å²) in [5, 5.41) is 5.77. The molecule has 2 aromatic carbocycles. The molecule has 1 aromatic heterocycles. The van der Waals surface area contributed by atoms with Crippen LogP contribution < -0.4 is 5.43 Å². The fourth-order valence-corrected chi connectivity index (χ4v) is 4.60. The minimum absolute atomic E-state index is 0.148. The number of thioether (sulfide) groups is 1. The summed E-state index contributed by atoms with van der Waals surface area (Å²) >= 11 is 1.78. The van der Waals surface area contributed by atoms with E-state index in [9.17, 15) is 0 Å². The highest BCUT2D eigenvalue weighted by Gasteiger charge is 2.26. The number of hydrazone groups is 1. The van der Waals surface area contributed by atoms with Crippen molar-refractivity contribution in [3.63, 3.8) is 0 Å². The van der Waals surface area contributed by atoms with Gasteiger partial charge < -0.3 is 4.57 Å². The van der Waals surface area contributed by atoms with Crippen molar-refractivity contribution in [2.75, 3.05) is 0 Å². The zero-order valence-electron chi connectivity index (χ0n) is 15.6. The largest absolute Gasteiger partial charge is 0.318 e. The first-order valence-corrected chi connectivity index (χ1v) is 9.75. The second-order valence-electron chi connectivity index (χ2n) is 6.79. The Bertz CT molecular complexity index is 986. The third-order valence-electron chi connectivity index (χ3n) is 5.10. The summed E-state index contributed by atoms with van der Waals surface area (Å²) in [5.41, 5.74) is 12.2. The van der Waals surface area contributed by atoms with E-state index in [1.54, 1.807) is 11.8 Å². The molecular weight excluding hydrogens is 338 g/mol. The van der Waals surface area contributed by atoms with Gasteiger partial charge in [-0.2, -0.15) is 5.10 Å². The maximum absolute atomic E-state index is 4.57. The Morgan fingerprint density at radius 3 is 2.50 bits per heavy atom. The Hall–Kier alpha value is -2.46. The smallest absolute Gasteiger partial charge is 0.126 e. The van der Waals surface area contributed by atoms with Crippen LogP contribution in [-0.4, -0.2) is 9.61 Å². The molecule has 0 saturated carbocycles. The lowest BCUT2D eigenvalue weighted by molar-refractivity contribution is 0.737. The lowest BCUT2D eigenvalue weighted by Gasteiger charge is -2.15. The zero-order valence-corrected chi connectivity index (χ0v) is 16.4. The number of nitrogens with zero attached hydrogens (tertiary/aromatic N) is 2. The van der Waals surface area contributed by atoms with Gasteiger partial charge in [-0.25, -0.2) is 0 Å². The van der Waals surface area contributed by atoms with Crippen molar-refractivity contribution < 1.29 is 0 Å². The van der Waals surface area contributed by atoms with Crippen molar-refractivity contribution in [3.8, 4) is 5.69 Å². The minimum Gasteiger partial charge on any atom is -0.318 e. The van der Waals surface area contributed by atoms with Gasteiger partial charge in [-0.15, -0.1) is 0 Å². The van der Waals surface area contributed by atoms with Crippen molar-refractivity contribution in [3.05, 3.63) is 88.2 Å². The van der Waals surface area contributed by atoms with Crippen molar-refractivity contribution >= 4 is 16.8 Å². The molecule has 0 fully saturated rings. The van der Waals surface area contributed by atoms with Gasteiger partial charge in [0.25, 0.3) is 0 Å². The van der Waals surface area contributed by atoms with Gasteiger partial charge in [-0.1, -0.05) is 54.2 Å². The summed E-state index contributed by atoms with van der Waals surface area (Å²) < 4.78 is 2.36. The molecule has 132 valence electrons. The highest BCUT2D eigenvalue weighted by Crippen LogP contribution is 2.38. The fourth-order valence-electron chi connectivity index (χ4n) is 3.53. The Balaban J connectivity index is 1.67. The molecule has 0 bridgehead atoms. The lowest BCUT2D eigenvalue weighted by Crippen LogP contribution is -2.09. The first-order valence-electron chi connectivity index (χ1n) is 8.87. The third kappa shape index (κ3) is 2.84. The van der Waals surface area contributed by atoms with Gasteiger partial charge in [0.15, 0.2) is 0 Å². The SMILES string of the molecule is Cc1cccc(-n2c(C)cc([C@@H]3NN=C(c4ccccc4)S3)c2C)c1C. The quantitative estimate of drug-likeness (QED) is 0.676. The minimum atomic E-state index is 0.148. The van der Waals surface area contributed by atoms with E-state index in [2.05, 4.69) is 91.3 Å². The summed E-state index contributed by atoms with van der Waals surface area (Å²) in [4.78, 5) is 0. The maximum atomic E-state index is 4.57. The second-order valence-corrected chi connectivity index (χ2v) is 7.88. The molecule has 0 spiro atoms. The van der Waals surface area contributed by atoms with E-state index in [0.29, 0.717) is 0 Å². The van der Waals surface area contributed by atoms with E-state index in [4.69, 9.17) is 0 Å². The van der Waals surface area contributed by atoms with E-state index < -0.39 is 0 Å². The maximum Gasteiger partial charge on any atom is 0.126 e.